The molecule has 2 fully saturated rings. The van der Waals surface area contributed by atoms with Gasteiger partial charge in [-0.15, -0.1) is 0 Å². The molecule has 0 amide bonds. The van der Waals surface area contributed by atoms with Gasteiger partial charge >= 0.3 is 6.61 Å². The Morgan fingerprint density at radius 2 is 2.17 bits per heavy atom. The van der Waals surface area contributed by atoms with E-state index in [-0.39, 0.29) is 5.75 Å². The van der Waals surface area contributed by atoms with E-state index in [0.717, 1.165) is 19.0 Å². The maximum absolute atomic E-state index is 12.2. The average Bonchev–Trinajstić information content (AvgIpc) is 3.28. The predicted octanol–water partition coefficient (Wildman–Crippen LogP) is 2.54. The van der Waals surface area contributed by atoms with Crippen LogP contribution in [-0.2, 0) is 0 Å². The first kappa shape index (κ1) is 16.6. The lowest BCUT2D eigenvalue weighted by molar-refractivity contribution is -0.0499. The number of alkyl halides is 2. The first-order valence-electron chi connectivity index (χ1n) is 8.25. The molecule has 2 N–H and O–H groups in total. The van der Waals surface area contributed by atoms with Gasteiger partial charge in [-0.3, -0.25) is 4.90 Å². The number of nitrogens with zero attached hydrogens (tertiary/aromatic N) is 1. The lowest BCUT2D eigenvalue weighted by atomic mass is 10.1. The molecule has 0 bridgehead atoms. The van der Waals surface area contributed by atoms with E-state index in [9.17, 15) is 13.9 Å². The van der Waals surface area contributed by atoms with Crippen molar-refractivity contribution in [2.75, 3.05) is 13.1 Å². The quantitative estimate of drug-likeness (QED) is 0.808. The molecular formula is C17H24F2N2O2. The second kappa shape index (κ2) is 7.11. The predicted molar refractivity (Wildman–Crippen MR) is 83.6 cm³/mol. The van der Waals surface area contributed by atoms with E-state index < -0.39 is 12.7 Å². The van der Waals surface area contributed by atoms with E-state index in [2.05, 4.69) is 21.9 Å². The van der Waals surface area contributed by atoms with Crippen LogP contribution in [0, 0.1) is 0 Å². The highest BCUT2D eigenvalue weighted by Gasteiger charge is 2.38. The molecular weight excluding hydrogens is 302 g/mol. The van der Waals surface area contributed by atoms with Gasteiger partial charge in [-0.2, -0.15) is 8.78 Å². The minimum atomic E-state index is -2.85. The Morgan fingerprint density at radius 1 is 1.39 bits per heavy atom. The summed E-state index contributed by atoms with van der Waals surface area (Å²) in [5.74, 6) is 0.0750. The maximum Gasteiger partial charge on any atom is 0.387 e. The highest BCUT2D eigenvalue weighted by molar-refractivity contribution is 5.30. The Hall–Kier alpha value is -1.24. The second-order valence-corrected chi connectivity index (χ2v) is 6.58. The van der Waals surface area contributed by atoms with Crippen LogP contribution in [0.1, 0.15) is 37.9 Å². The minimum Gasteiger partial charge on any atom is -0.435 e. The van der Waals surface area contributed by atoms with Gasteiger partial charge in [0.05, 0.1) is 6.10 Å². The number of hydrogen-bond donors (Lipinski definition) is 2. The van der Waals surface area contributed by atoms with Gasteiger partial charge < -0.3 is 15.2 Å². The van der Waals surface area contributed by atoms with Gasteiger partial charge in [-0.25, -0.2) is 0 Å². The summed E-state index contributed by atoms with van der Waals surface area (Å²) >= 11 is 0. The Labute approximate surface area is 135 Å². The zero-order chi connectivity index (χ0) is 16.4. The third-order valence-electron chi connectivity index (χ3n) is 4.71. The summed E-state index contributed by atoms with van der Waals surface area (Å²) in [5, 5.41) is 13.7. The van der Waals surface area contributed by atoms with E-state index in [1.165, 1.54) is 25.0 Å². The van der Waals surface area contributed by atoms with Gasteiger partial charge in [-0.1, -0.05) is 12.1 Å². The molecule has 2 aliphatic rings. The fourth-order valence-corrected chi connectivity index (χ4v) is 3.41. The molecule has 1 aliphatic carbocycles. The molecule has 128 valence electrons. The van der Waals surface area contributed by atoms with Gasteiger partial charge in [0.1, 0.15) is 5.75 Å². The van der Waals surface area contributed by atoms with E-state index in [1.807, 2.05) is 0 Å². The van der Waals surface area contributed by atoms with Crippen molar-refractivity contribution in [1.82, 2.24) is 10.2 Å². The molecule has 1 aliphatic heterocycles. The highest BCUT2D eigenvalue weighted by Crippen LogP contribution is 2.33. The van der Waals surface area contributed by atoms with Crippen LogP contribution in [0.4, 0.5) is 8.78 Å². The number of benzene rings is 1. The lowest BCUT2D eigenvalue weighted by Gasteiger charge is -2.20. The fraction of sp³-hybridized carbons (Fsp3) is 0.647. The average molecular weight is 326 g/mol. The van der Waals surface area contributed by atoms with Crippen molar-refractivity contribution in [3.05, 3.63) is 29.8 Å². The molecule has 3 unspecified atom stereocenters. The van der Waals surface area contributed by atoms with Crippen LogP contribution in [0.15, 0.2) is 24.3 Å². The van der Waals surface area contributed by atoms with Crippen molar-refractivity contribution in [3.8, 4) is 5.75 Å². The van der Waals surface area contributed by atoms with Crippen LogP contribution >= 0.6 is 0 Å². The molecule has 3 rings (SSSR count). The van der Waals surface area contributed by atoms with Crippen LogP contribution < -0.4 is 10.1 Å². The molecule has 3 atom stereocenters. The Morgan fingerprint density at radius 3 is 2.87 bits per heavy atom. The monoisotopic (exact) mass is 326 g/mol. The van der Waals surface area contributed by atoms with Gasteiger partial charge in [0, 0.05) is 31.2 Å². The first-order chi connectivity index (χ1) is 11.0. The summed E-state index contributed by atoms with van der Waals surface area (Å²) in [6.07, 6.45) is 2.95. The number of ether oxygens (including phenoxy) is 1. The zero-order valence-corrected chi connectivity index (χ0v) is 13.3. The lowest BCUT2D eigenvalue weighted by Crippen LogP contribution is -2.36. The van der Waals surface area contributed by atoms with Crippen molar-refractivity contribution in [2.45, 2.75) is 57.0 Å². The standard InChI is InChI=1S/C17H24F2N2O2/c1-11-7-13(10-21(11)14-5-6-14)20-9-16(22)12-3-2-4-15(8-12)23-17(18)19/h2-4,8,11,13-14,16-17,20,22H,5-7,9-10H2,1H3. The van der Waals surface area contributed by atoms with E-state index in [4.69, 9.17) is 0 Å². The van der Waals surface area contributed by atoms with Gasteiger partial charge in [0.25, 0.3) is 0 Å². The topological polar surface area (TPSA) is 44.7 Å². The van der Waals surface area contributed by atoms with Crippen molar-refractivity contribution >= 4 is 0 Å². The van der Waals surface area contributed by atoms with E-state index >= 15 is 0 Å². The maximum atomic E-state index is 12.2. The molecule has 4 nitrogen and oxygen atoms in total. The minimum absolute atomic E-state index is 0.0750. The molecule has 6 heteroatoms. The highest BCUT2D eigenvalue weighted by atomic mass is 19.3. The number of likely N-dealkylation sites (tertiary alicyclic amines) is 1. The second-order valence-electron chi connectivity index (χ2n) is 6.58. The number of halogens is 2. The van der Waals surface area contributed by atoms with Crippen molar-refractivity contribution in [2.24, 2.45) is 0 Å². The first-order valence-corrected chi connectivity index (χ1v) is 8.25. The molecule has 1 saturated heterocycles. The number of rotatable bonds is 7. The summed E-state index contributed by atoms with van der Waals surface area (Å²) < 4.78 is 28.9. The Bertz CT molecular complexity index is 525. The SMILES string of the molecule is CC1CC(NCC(O)c2cccc(OC(F)F)c2)CN1C1CC1. The summed E-state index contributed by atoms with van der Waals surface area (Å²) in [7, 11) is 0. The molecule has 23 heavy (non-hydrogen) atoms. The normalized spacial score (nSPS) is 26.7. The summed E-state index contributed by atoms with van der Waals surface area (Å²) in [6.45, 7) is 0.830. The molecule has 1 saturated carbocycles. The third kappa shape index (κ3) is 4.40. The molecule has 1 heterocycles. The molecule has 1 aromatic carbocycles. The Kier molecular flexibility index (Phi) is 5.14. The van der Waals surface area contributed by atoms with Gasteiger partial charge in [-0.05, 0) is 43.9 Å². The van der Waals surface area contributed by atoms with Crippen LogP contribution in [0.3, 0.4) is 0 Å². The van der Waals surface area contributed by atoms with Gasteiger partial charge in [0.15, 0.2) is 0 Å². The summed E-state index contributed by atoms with van der Waals surface area (Å²) in [5.41, 5.74) is 0.584. The van der Waals surface area contributed by atoms with Crippen molar-refractivity contribution in [1.29, 1.82) is 0 Å². The fourth-order valence-electron chi connectivity index (χ4n) is 3.41. The summed E-state index contributed by atoms with van der Waals surface area (Å²) in [4.78, 5) is 2.54. The van der Waals surface area contributed by atoms with E-state index in [0.29, 0.717) is 24.2 Å². The molecule has 0 spiro atoms. The van der Waals surface area contributed by atoms with Crippen LogP contribution in [0.25, 0.3) is 0 Å². The zero-order valence-electron chi connectivity index (χ0n) is 13.3. The van der Waals surface area contributed by atoms with Crippen LogP contribution in [0.5, 0.6) is 5.75 Å². The van der Waals surface area contributed by atoms with Gasteiger partial charge in [0.2, 0.25) is 0 Å². The van der Waals surface area contributed by atoms with E-state index in [1.54, 1.807) is 12.1 Å². The van der Waals surface area contributed by atoms with Crippen LogP contribution in [0.2, 0.25) is 0 Å². The summed E-state index contributed by atoms with van der Waals surface area (Å²) in [6, 6.07) is 7.97. The number of aliphatic hydroxyl groups is 1. The molecule has 1 aromatic rings. The largest absolute Gasteiger partial charge is 0.435 e. The molecule has 0 radical (unpaired) electrons. The molecule has 0 aromatic heterocycles. The Balaban J connectivity index is 1.50. The van der Waals surface area contributed by atoms with Crippen LogP contribution in [-0.4, -0.2) is 47.8 Å². The smallest absolute Gasteiger partial charge is 0.387 e. The number of aliphatic hydroxyl groups excluding tert-OH is 1. The van der Waals surface area contributed by atoms with Crippen molar-refractivity contribution in [3.63, 3.8) is 0 Å². The van der Waals surface area contributed by atoms with Crippen molar-refractivity contribution < 1.29 is 18.6 Å². The number of hydrogen-bond acceptors (Lipinski definition) is 4. The number of nitrogens with one attached hydrogen (secondary N) is 1. The third-order valence-corrected chi connectivity index (χ3v) is 4.71.